The van der Waals surface area contributed by atoms with Gasteiger partial charge in [0.15, 0.2) is 0 Å². The molecule has 0 spiro atoms. The van der Waals surface area contributed by atoms with Crippen LogP contribution in [-0.2, 0) is 24.5 Å². The van der Waals surface area contributed by atoms with Crippen LogP contribution in [0.3, 0.4) is 0 Å². The van der Waals surface area contributed by atoms with E-state index in [4.69, 9.17) is 16.7 Å². The van der Waals surface area contributed by atoms with Crippen molar-refractivity contribution in [2.45, 2.75) is 37.1 Å². The van der Waals surface area contributed by atoms with Crippen molar-refractivity contribution in [2.75, 3.05) is 5.75 Å². The molecule has 0 aliphatic carbocycles. The van der Waals surface area contributed by atoms with Gasteiger partial charge in [0.1, 0.15) is 6.04 Å². The monoisotopic (exact) mass is 472 g/mol. The first-order valence-electron chi connectivity index (χ1n) is 9.28. The van der Waals surface area contributed by atoms with E-state index in [1.807, 2.05) is 19.1 Å². The lowest BCUT2D eigenvalue weighted by atomic mass is 10.1. The average molecular weight is 473 g/mol. The number of aliphatic carboxylic acids is 1. The largest absolute Gasteiger partial charge is 0.480 e. The molecule has 0 amide bonds. The topological polar surface area (TPSA) is 127 Å². The summed E-state index contributed by atoms with van der Waals surface area (Å²) in [7, 11) is -6.91. The first kappa shape index (κ1) is 24.4. The predicted molar refractivity (Wildman–Crippen MR) is 121 cm³/mol. The van der Waals surface area contributed by atoms with Gasteiger partial charge in [-0.3, -0.25) is 14.1 Å². The number of carboxylic acid groups (broad SMARTS) is 1. The fourth-order valence-electron chi connectivity index (χ4n) is 2.64. The first-order chi connectivity index (χ1) is 14.0. The van der Waals surface area contributed by atoms with E-state index in [0.29, 0.717) is 11.4 Å². The molecule has 0 fully saturated rings. The van der Waals surface area contributed by atoms with Gasteiger partial charge in [-0.15, -0.1) is 0 Å². The molecule has 2 rings (SSSR count). The van der Waals surface area contributed by atoms with Crippen LogP contribution in [0.25, 0.3) is 11.1 Å². The van der Waals surface area contributed by atoms with Gasteiger partial charge in [-0.05, 0) is 47.2 Å². The lowest BCUT2D eigenvalue weighted by Gasteiger charge is -2.14. The summed E-state index contributed by atoms with van der Waals surface area (Å²) in [6.07, 6.45) is 1.15. The van der Waals surface area contributed by atoms with Gasteiger partial charge >= 0.3 is 5.97 Å². The van der Waals surface area contributed by atoms with Gasteiger partial charge in [-0.2, -0.15) is 4.72 Å². The van der Waals surface area contributed by atoms with Crippen molar-refractivity contribution in [2.24, 2.45) is 5.14 Å². The van der Waals surface area contributed by atoms with Crippen molar-refractivity contribution in [3.63, 3.8) is 0 Å². The first-order valence-corrected chi connectivity index (χ1v) is 13.0. The zero-order chi connectivity index (χ0) is 22.4. The maximum Gasteiger partial charge on any atom is 0.322 e. The molecular weight excluding hydrogens is 448 g/mol. The summed E-state index contributed by atoms with van der Waals surface area (Å²) in [4.78, 5) is 11.4. The molecule has 2 atom stereocenters. The van der Waals surface area contributed by atoms with E-state index in [-0.39, 0.29) is 17.1 Å². The summed E-state index contributed by atoms with van der Waals surface area (Å²) >= 11 is 5.87. The van der Waals surface area contributed by atoms with Crippen LogP contribution < -0.4 is 9.86 Å². The SMILES string of the molecule is CCCCS(N)(=O)=CCC(NS(=O)(=O)c1ccc(-c2ccc(Cl)cc2)cc1)C(=O)O. The van der Waals surface area contributed by atoms with Gasteiger partial charge in [0.05, 0.1) is 4.90 Å². The highest BCUT2D eigenvalue weighted by atomic mass is 35.5. The lowest BCUT2D eigenvalue weighted by molar-refractivity contribution is -0.138. The molecular formula is C20H25ClN2O5S2. The fraction of sp³-hybridized carbons (Fsp3) is 0.300. The minimum absolute atomic E-state index is 0.0778. The van der Waals surface area contributed by atoms with Crippen molar-refractivity contribution in [1.29, 1.82) is 0 Å². The van der Waals surface area contributed by atoms with E-state index in [1.165, 1.54) is 17.5 Å². The van der Waals surface area contributed by atoms with Crippen LogP contribution in [0.15, 0.2) is 53.4 Å². The van der Waals surface area contributed by atoms with Gasteiger partial charge in [0.25, 0.3) is 0 Å². The molecule has 2 aromatic rings. The Bertz CT molecular complexity index is 1090. The number of carbonyl (C=O) groups is 1. The second-order valence-corrected chi connectivity index (χ2v) is 11.2. The van der Waals surface area contributed by atoms with Gasteiger partial charge < -0.3 is 5.11 Å². The van der Waals surface area contributed by atoms with Gasteiger partial charge in [-0.1, -0.05) is 49.2 Å². The number of halogens is 1. The third-order valence-electron chi connectivity index (χ3n) is 4.37. The molecule has 0 aromatic heterocycles. The molecule has 2 unspecified atom stereocenters. The van der Waals surface area contributed by atoms with Crippen LogP contribution in [0.4, 0.5) is 0 Å². The van der Waals surface area contributed by atoms with Crippen LogP contribution in [0, 0.1) is 0 Å². The van der Waals surface area contributed by atoms with Crippen molar-refractivity contribution < 1.29 is 22.5 Å². The Morgan fingerprint density at radius 3 is 2.13 bits per heavy atom. The summed E-state index contributed by atoms with van der Waals surface area (Å²) in [5.74, 6) is -1.15. The van der Waals surface area contributed by atoms with Crippen LogP contribution in [-0.4, -0.2) is 40.9 Å². The molecule has 0 saturated heterocycles. The number of hydrogen-bond acceptors (Lipinski definition) is 4. The standard InChI is InChI=1S/C20H25ClN2O5S2/c1-2-3-13-29(22,26)14-12-19(20(24)25)23-30(27,28)18-10-6-16(7-11-18)15-4-8-17(21)9-5-15/h4-11,14,19,23H,2-3,12-13H2,1H3,(H2,22,26)(H,24,25). The minimum Gasteiger partial charge on any atom is -0.480 e. The fourth-order valence-corrected chi connectivity index (χ4v) is 5.39. The maximum absolute atomic E-state index is 12.6. The number of nitrogens with two attached hydrogens (primary N) is 1. The van der Waals surface area contributed by atoms with Crippen LogP contribution >= 0.6 is 11.6 Å². The third kappa shape index (κ3) is 7.10. The zero-order valence-corrected chi connectivity index (χ0v) is 18.8. The van der Waals surface area contributed by atoms with Crippen LogP contribution in [0.2, 0.25) is 5.02 Å². The second kappa shape index (κ2) is 10.4. The van der Waals surface area contributed by atoms with E-state index in [1.54, 1.807) is 24.3 Å². The molecule has 0 heterocycles. The Kier molecular flexibility index (Phi) is 8.45. The molecule has 0 radical (unpaired) electrons. The molecule has 10 heteroatoms. The summed E-state index contributed by atoms with van der Waals surface area (Å²) in [5.41, 5.74) is 1.65. The number of unbranched alkanes of at least 4 members (excludes halogenated alkanes) is 1. The molecule has 0 aliphatic heterocycles. The van der Waals surface area contributed by atoms with E-state index < -0.39 is 31.7 Å². The molecule has 0 aliphatic rings. The highest BCUT2D eigenvalue weighted by Crippen LogP contribution is 2.23. The zero-order valence-electron chi connectivity index (χ0n) is 16.5. The smallest absolute Gasteiger partial charge is 0.322 e. The Balaban J connectivity index is 2.18. The molecule has 30 heavy (non-hydrogen) atoms. The third-order valence-corrected chi connectivity index (χ3v) is 7.79. The Hall–Kier alpha value is -1.91. The number of hydrogen-bond donors (Lipinski definition) is 3. The molecule has 0 bridgehead atoms. The quantitative estimate of drug-likeness (QED) is 0.458. The van der Waals surface area contributed by atoms with Crippen LogP contribution in [0.5, 0.6) is 0 Å². The summed E-state index contributed by atoms with van der Waals surface area (Å²) in [6.45, 7) is 1.92. The van der Waals surface area contributed by atoms with Gasteiger partial charge in [0, 0.05) is 26.9 Å². The molecule has 0 saturated carbocycles. The van der Waals surface area contributed by atoms with Crippen molar-refractivity contribution in [3.8, 4) is 11.1 Å². The second-order valence-electron chi connectivity index (χ2n) is 6.78. The van der Waals surface area contributed by atoms with Crippen molar-refractivity contribution in [3.05, 3.63) is 53.6 Å². The Morgan fingerprint density at radius 1 is 1.10 bits per heavy atom. The summed E-state index contributed by atoms with van der Waals surface area (Å²) < 4.78 is 39.6. The predicted octanol–water partition coefficient (Wildman–Crippen LogP) is 2.89. The normalized spacial score (nSPS) is 14.6. The average Bonchev–Trinajstić information content (AvgIpc) is 2.70. The number of carboxylic acids is 1. The van der Waals surface area contributed by atoms with E-state index in [9.17, 15) is 22.5 Å². The maximum atomic E-state index is 12.6. The van der Waals surface area contributed by atoms with Crippen molar-refractivity contribution >= 4 is 42.7 Å². The lowest BCUT2D eigenvalue weighted by Crippen LogP contribution is -2.41. The van der Waals surface area contributed by atoms with E-state index in [0.717, 1.165) is 17.5 Å². The molecule has 2 aromatic carbocycles. The van der Waals surface area contributed by atoms with Crippen LogP contribution in [0.1, 0.15) is 26.2 Å². The van der Waals surface area contributed by atoms with Gasteiger partial charge in [-0.25, -0.2) is 8.42 Å². The number of benzene rings is 2. The summed E-state index contributed by atoms with van der Waals surface area (Å²) in [6, 6.07) is 11.6. The number of sulfonamides is 1. The Morgan fingerprint density at radius 2 is 1.63 bits per heavy atom. The number of rotatable bonds is 10. The Labute approximate surface area is 182 Å². The highest BCUT2D eigenvalue weighted by molar-refractivity contribution is 7.99. The van der Waals surface area contributed by atoms with Gasteiger partial charge in [0.2, 0.25) is 10.0 Å². The van der Waals surface area contributed by atoms with E-state index in [2.05, 4.69) is 4.72 Å². The molecule has 164 valence electrons. The highest BCUT2D eigenvalue weighted by Gasteiger charge is 2.25. The number of nitrogens with one attached hydrogen (secondary N) is 1. The molecule has 4 N–H and O–H groups in total. The molecule has 7 nitrogen and oxygen atoms in total. The summed E-state index contributed by atoms with van der Waals surface area (Å²) in [5, 5.41) is 16.9. The van der Waals surface area contributed by atoms with E-state index >= 15 is 0 Å². The van der Waals surface area contributed by atoms with Crippen molar-refractivity contribution in [1.82, 2.24) is 4.72 Å². The minimum atomic E-state index is -4.10.